The Morgan fingerprint density at radius 2 is 1.49 bits per heavy atom. The summed E-state index contributed by atoms with van der Waals surface area (Å²) in [6.07, 6.45) is 3.43. The molecule has 37 heavy (non-hydrogen) atoms. The highest BCUT2D eigenvalue weighted by Gasteiger charge is 2.24. The van der Waals surface area contributed by atoms with Crippen LogP contribution in [0, 0.1) is 18.3 Å². The van der Waals surface area contributed by atoms with E-state index < -0.39 is 10.0 Å². The number of nitrogens with zero attached hydrogens (tertiary/aromatic N) is 6. The molecule has 4 aromatic rings. The number of anilines is 3. The highest BCUT2D eigenvalue weighted by molar-refractivity contribution is 7.92. The van der Waals surface area contributed by atoms with Crippen LogP contribution in [0.1, 0.15) is 11.3 Å². The number of rotatable bonds is 6. The summed E-state index contributed by atoms with van der Waals surface area (Å²) >= 11 is 0. The van der Waals surface area contributed by atoms with E-state index in [0.29, 0.717) is 49.2 Å². The van der Waals surface area contributed by atoms with Gasteiger partial charge in [-0.15, -0.1) is 0 Å². The lowest BCUT2D eigenvalue weighted by Gasteiger charge is -2.35. The lowest BCUT2D eigenvalue weighted by molar-refractivity contribution is 0.601. The Kier molecular flexibility index (Phi) is 6.70. The summed E-state index contributed by atoms with van der Waals surface area (Å²) in [7, 11) is -3.87. The number of benzene rings is 2. The van der Waals surface area contributed by atoms with Gasteiger partial charge in [0, 0.05) is 38.6 Å². The molecular weight excluding hydrogens is 486 g/mol. The average molecular weight is 512 g/mol. The van der Waals surface area contributed by atoms with Crippen LogP contribution >= 0.6 is 0 Å². The van der Waals surface area contributed by atoms with E-state index in [4.69, 9.17) is 0 Å². The van der Waals surface area contributed by atoms with Crippen molar-refractivity contribution in [3.05, 3.63) is 90.4 Å². The molecule has 1 aliphatic rings. The summed E-state index contributed by atoms with van der Waals surface area (Å²) in [5.74, 6) is 1.22. The van der Waals surface area contributed by atoms with Crippen molar-refractivity contribution >= 4 is 27.5 Å². The largest absolute Gasteiger partial charge is 0.352 e. The van der Waals surface area contributed by atoms with Crippen LogP contribution in [0.4, 0.5) is 17.5 Å². The fourth-order valence-electron chi connectivity index (χ4n) is 4.25. The molecule has 2 aromatic heterocycles. The summed E-state index contributed by atoms with van der Waals surface area (Å²) in [6.45, 7) is 4.37. The highest BCUT2D eigenvalue weighted by atomic mass is 32.2. The molecule has 1 aliphatic heterocycles. The summed E-state index contributed by atoms with van der Waals surface area (Å²) in [5, 5.41) is 9.82. The molecule has 5 rings (SSSR count). The molecule has 0 spiro atoms. The van der Waals surface area contributed by atoms with Gasteiger partial charge in [-0.25, -0.2) is 23.4 Å². The van der Waals surface area contributed by atoms with E-state index in [-0.39, 0.29) is 10.6 Å². The van der Waals surface area contributed by atoms with E-state index in [1.807, 2.05) is 35.2 Å². The Hall–Kier alpha value is -4.49. The second-order valence-corrected chi connectivity index (χ2v) is 10.3. The summed E-state index contributed by atoms with van der Waals surface area (Å²) in [4.78, 5) is 17.5. The first-order chi connectivity index (χ1) is 17.9. The molecule has 186 valence electrons. The molecule has 0 bridgehead atoms. The molecule has 0 unspecified atom stereocenters. The lowest BCUT2D eigenvalue weighted by atomic mass is 10.1. The predicted octanol–water partition coefficient (Wildman–Crippen LogP) is 3.85. The lowest BCUT2D eigenvalue weighted by Crippen LogP contribution is -2.47. The molecule has 1 fully saturated rings. The van der Waals surface area contributed by atoms with Crippen LogP contribution < -0.4 is 14.5 Å². The average Bonchev–Trinajstić information content (AvgIpc) is 2.95. The molecule has 0 aliphatic carbocycles. The van der Waals surface area contributed by atoms with Gasteiger partial charge >= 0.3 is 0 Å². The van der Waals surface area contributed by atoms with Crippen molar-refractivity contribution in [2.24, 2.45) is 0 Å². The minimum atomic E-state index is -3.87. The molecule has 1 saturated heterocycles. The van der Waals surface area contributed by atoms with Crippen LogP contribution in [0.3, 0.4) is 0 Å². The highest BCUT2D eigenvalue weighted by Crippen LogP contribution is 2.28. The molecule has 0 amide bonds. The first-order valence-corrected chi connectivity index (χ1v) is 13.3. The number of sulfonamides is 1. The first-order valence-electron chi connectivity index (χ1n) is 11.8. The normalized spacial score (nSPS) is 13.7. The van der Waals surface area contributed by atoms with Crippen molar-refractivity contribution in [2.45, 2.75) is 11.8 Å². The van der Waals surface area contributed by atoms with Gasteiger partial charge in [-0.2, -0.15) is 5.26 Å². The maximum Gasteiger partial charge on any atom is 0.261 e. The second kappa shape index (κ2) is 10.2. The Balaban J connectivity index is 1.33. The van der Waals surface area contributed by atoms with Crippen molar-refractivity contribution < 1.29 is 8.42 Å². The molecule has 0 saturated carbocycles. The Morgan fingerprint density at radius 1 is 0.865 bits per heavy atom. The SMILES string of the molecule is Cc1nc(N2CCN(c3ncccn3)CC2)c(C#N)cc1NS(=O)(=O)c1ccc(-c2ccccc2)cc1. The first kappa shape index (κ1) is 24.2. The summed E-state index contributed by atoms with van der Waals surface area (Å²) in [6, 6.07) is 22.0. The second-order valence-electron chi connectivity index (χ2n) is 8.62. The van der Waals surface area contributed by atoms with Gasteiger partial charge in [0.1, 0.15) is 11.9 Å². The number of nitrogens with one attached hydrogen (secondary N) is 1. The van der Waals surface area contributed by atoms with Gasteiger partial charge in [0.05, 0.1) is 21.8 Å². The monoisotopic (exact) mass is 511 g/mol. The van der Waals surface area contributed by atoms with Crippen molar-refractivity contribution in [3.8, 4) is 17.2 Å². The molecule has 2 aromatic carbocycles. The van der Waals surface area contributed by atoms with E-state index in [0.717, 1.165) is 11.1 Å². The Morgan fingerprint density at radius 3 is 2.14 bits per heavy atom. The third kappa shape index (κ3) is 5.22. The zero-order valence-corrected chi connectivity index (χ0v) is 21.1. The molecule has 3 heterocycles. The van der Waals surface area contributed by atoms with Gasteiger partial charge < -0.3 is 9.80 Å². The van der Waals surface area contributed by atoms with E-state index in [1.165, 1.54) is 0 Å². The van der Waals surface area contributed by atoms with Crippen molar-refractivity contribution in [2.75, 3.05) is 40.7 Å². The smallest absolute Gasteiger partial charge is 0.261 e. The third-order valence-electron chi connectivity index (χ3n) is 6.24. The maximum absolute atomic E-state index is 13.1. The van der Waals surface area contributed by atoms with Crippen LogP contribution in [0.2, 0.25) is 0 Å². The van der Waals surface area contributed by atoms with Gasteiger partial charge in [0.2, 0.25) is 5.95 Å². The molecule has 9 nitrogen and oxygen atoms in total. The van der Waals surface area contributed by atoms with Crippen molar-refractivity contribution in [1.29, 1.82) is 5.26 Å². The molecule has 1 N–H and O–H groups in total. The number of nitriles is 1. The number of piperazine rings is 1. The van der Waals surface area contributed by atoms with Crippen molar-refractivity contribution in [3.63, 3.8) is 0 Å². The number of aromatic nitrogens is 3. The van der Waals surface area contributed by atoms with Crippen LogP contribution in [0.25, 0.3) is 11.1 Å². The van der Waals surface area contributed by atoms with Gasteiger partial charge in [-0.3, -0.25) is 4.72 Å². The summed E-state index contributed by atoms with van der Waals surface area (Å²) in [5.41, 5.74) is 3.02. The van der Waals surface area contributed by atoms with Crippen LogP contribution in [0.5, 0.6) is 0 Å². The minimum absolute atomic E-state index is 0.133. The van der Waals surface area contributed by atoms with E-state index in [9.17, 15) is 13.7 Å². The number of aryl methyl sites for hydroxylation is 1. The fraction of sp³-hybridized carbons (Fsp3) is 0.185. The predicted molar refractivity (Wildman–Crippen MR) is 143 cm³/mol. The Bertz CT molecular complexity index is 1530. The van der Waals surface area contributed by atoms with Crippen LogP contribution in [-0.4, -0.2) is 49.5 Å². The molecule has 10 heteroatoms. The number of pyridine rings is 1. The van der Waals surface area contributed by atoms with Crippen molar-refractivity contribution in [1.82, 2.24) is 15.0 Å². The maximum atomic E-state index is 13.1. The molecule has 0 radical (unpaired) electrons. The van der Waals surface area contributed by atoms with Gasteiger partial charge in [-0.05, 0) is 42.3 Å². The Labute approximate surface area is 216 Å². The van der Waals surface area contributed by atoms with Gasteiger partial charge in [-0.1, -0.05) is 42.5 Å². The van der Waals surface area contributed by atoms with Gasteiger partial charge in [0.15, 0.2) is 0 Å². The van der Waals surface area contributed by atoms with Crippen LogP contribution in [-0.2, 0) is 10.0 Å². The van der Waals surface area contributed by atoms with E-state index in [1.54, 1.807) is 55.7 Å². The molecule has 0 atom stereocenters. The van der Waals surface area contributed by atoms with Gasteiger partial charge in [0.25, 0.3) is 10.0 Å². The minimum Gasteiger partial charge on any atom is -0.352 e. The van der Waals surface area contributed by atoms with E-state index >= 15 is 0 Å². The summed E-state index contributed by atoms with van der Waals surface area (Å²) < 4.78 is 28.8. The van der Waals surface area contributed by atoms with Crippen LogP contribution in [0.15, 0.2) is 84.0 Å². The number of hydrogen-bond donors (Lipinski definition) is 1. The standard InChI is InChI=1S/C27H25N7O2S/c1-20-25(32-37(35,36)24-10-8-22(9-11-24)21-6-3-2-4-7-21)18-23(19-28)26(31-20)33-14-16-34(17-15-33)27-29-12-5-13-30-27/h2-13,18,32H,14-17H2,1H3. The third-order valence-corrected chi connectivity index (χ3v) is 7.63. The zero-order valence-electron chi connectivity index (χ0n) is 20.2. The quantitative estimate of drug-likeness (QED) is 0.415. The zero-order chi connectivity index (χ0) is 25.8. The number of hydrogen-bond acceptors (Lipinski definition) is 8. The molecular formula is C27H25N7O2S. The topological polar surface area (TPSA) is 115 Å². The fourth-order valence-corrected chi connectivity index (χ4v) is 5.36. The van der Waals surface area contributed by atoms with E-state index in [2.05, 4.69) is 30.6 Å².